The van der Waals surface area contributed by atoms with E-state index in [9.17, 15) is 9.59 Å². The van der Waals surface area contributed by atoms with Crippen LogP contribution in [-0.4, -0.2) is 47.0 Å². The van der Waals surface area contributed by atoms with Crippen molar-refractivity contribution in [1.82, 2.24) is 9.88 Å². The first-order chi connectivity index (χ1) is 9.15. The molecule has 0 saturated carbocycles. The number of carbonyl (C=O) groups excluding carboxylic acids is 2. The molecule has 1 unspecified atom stereocenters. The molecule has 1 aliphatic heterocycles. The molecule has 1 radical (unpaired) electrons. The molecule has 0 bridgehead atoms. The lowest BCUT2D eigenvalue weighted by atomic mass is 10.3. The smallest absolute Gasteiger partial charge is 0.292 e. The predicted octanol–water partition coefficient (Wildman–Crippen LogP) is -0.292. The van der Waals surface area contributed by atoms with Gasteiger partial charge in [0.05, 0.1) is 0 Å². The lowest BCUT2D eigenvalue weighted by Gasteiger charge is -2.12. The van der Waals surface area contributed by atoms with Gasteiger partial charge in [0.15, 0.2) is 5.71 Å². The summed E-state index contributed by atoms with van der Waals surface area (Å²) in [5.41, 5.74) is 5.21. The molecule has 8 nitrogen and oxygen atoms in total. The average molecular weight is 265 g/mol. The van der Waals surface area contributed by atoms with Crippen molar-refractivity contribution < 1.29 is 18.8 Å². The highest BCUT2D eigenvalue weighted by Gasteiger charge is 2.32. The van der Waals surface area contributed by atoms with Gasteiger partial charge in [-0.25, -0.2) is 0 Å². The molecular formula is C11H13N4O4. The fraction of sp³-hybridized carbons (Fsp3) is 0.455. The van der Waals surface area contributed by atoms with E-state index in [2.05, 4.69) is 10.1 Å². The minimum Gasteiger partial charge on any atom is -0.432 e. The van der Waals surface area contributed by atoms with Crippen LogP contribution < -0.4 is 5.73 Å². The van der Waals surface area contributed by atoms with Crippen LogP contribution in [0.25, 0.3) is 0 Å². The number of nitrogens with zero attached hydrogens (tertiary/aromatic N) is 3. The lowest BCUT2D eigenvalue weighted by Crippen LogP contribution is -2.30. The first kappa shape index (κ1) is 13.1. The summed E-state index contributed by atoms with van der Waals surface area (Å²) in [6, 6.07) is -0.0907. The Morgan fingerprint density at radius 2 is 2.58 bits per heavy atom. The van der Waals surface area contributed by atoms with Crippen molar-refractivity contribution in [3.05, 3.63) is 12.0 Å². The average Bonchev–Trinajstić information content (AvgIpc) is 2.98. The van der Waals surface area contributed by atoms with Gasteiger partial charge in [-0.1, -0.05) is 5.16 Å². The molecular weight excluding hydrogens is 252 g/mol. The van der Waals surface area contributed by atoms with Gasteiger partial charge >= 0.3 is 0 Å². The number of hydrogen-bond donors (Lipinski definition) is 1. The maximum absolute atomic E-state index is 11.8. The van der Waals surface area contributed by atoms with Crippen LogP contribution in [0.4, 0.5) is 6.01 Å². The van der Waals surface area contributed by atoms with E-state index in [4.69, 9.17) is 15.0 Å². The predicted molar refractivity (Wildman–Crippen MR) is 64.9 cm³/mol. The number of likely N-dealkylation sites (N-methyl/N-ethyl adjacent to an activating group) is 1. The van der Waals surface area contributed by atoms with Crippen LogP contribution in [0.1, 0.15) is 19.0 Å². The lowest BCUT2D eigenvalue weighted by molar-refractivity contribution is -0.137. The number of anilines is 1. The number of nitrogen functional groups attached to an aromatic ring is 1. The summed E-state index contributed by atoms with van der Waals surface area (Å²) in [4.78, 5) is 33.0. The Bertz CT molecular complexity index is 511. The number of aromatic nitrogens is 1. The quantitative estimate of drug-likeness (QED) is 0.578. The Labute approximate surface area is 109 Å². The van der Waals surface area contributed by atoms with Crippen molar-refractivity contribution in [2.24, 2.45) is 5.16 Å². The molecule has 0 aliphatic carbocycles. The van der Waals surface area contributed by atoms with Gasteiger partial charge < -0.3 is 19.9 Å². The second-order valence-electron chi connectivity index (χ2n) is 3.91. The Hall–Kier alpha value is -2.38. The maximum Gasteiger partial charge on any atom is 0.292 e. The van der Waals surface area contributed by atoms with Gasteiger partial charge in [0, 0.05) is 19.5 Å². The molecule has 0 spiro atoms. The fourth-order valence-electron chi connectivity index (χ4n) is 1.75. The largest absolute Gasteiger partial charge is 0.432 e. The van der Waals surface area contributed by atoms with Crippen LogP contribution >= 0.6 is 0 Å². The molecule has 19 heavy (non-hydrogen) atoms. The zero-order valence-corrected chi connectivity index (χ0v) is 10.3. The SMILES string of the molecule is CCN1CCC(ON=C([C]=O)c2coc(N)n2)C1=O. The number of oxime groups is 1. The van der Waals surface area contributed by atoms with E-state index in [-0.39, 0.29) is 23.3 Å². The van der Waals surface area contributed by atoms with Gasteiger partial charge in [-0.2, -0.15) is 4.98 Å². The van der Waals surface area contributed by atoms with Gasteiger partial charge in [0.2, 0.25) is 6.10 Å². The molecule has 101 valence electrons. The highest BCUT2D eigenvalue weighted by molar-refractivity contribution is 6.35. The van der Waals surface area contributed by atoms with E-state index in [0.717, 1.165) is 6.26 Å². The highest BCUT2D eigenvalue weighted by atomic mass is 16.6. The zero-order valence-electron chi connectivity index (χ0n) is 10.3. The van der Waals surface area contributed by atoms with E-state index >= 15 is 0 Å². The van der Waals surface area contributed by atoms with Crippen molar-refractivity contribution >= 4 is 23.9 Å². The molecule has 1 saturated heterocycles. The van der Waals surface area contributed by atoms with Crippen LogP contribution in [0.2, 0.25) is 0 Å². The molecule has 1 amide bonds. The Kier molecular flexibility index (Phi) is 3.79. The molecule has 1 aliphatic rings. The zero-order chi connectivity index (χ0) is 13.8. The monoisotopic (exact) mass is 265 g/mol. The number of oxazole rings is 1. The van der Waals surface area contributed by atoms with Gasteiger partial charge in [0.25, 0.3) is 18.2 Å². The molecule has 1 aromatic rings. The van der Waals surface area contributed by atoms with Gasteiger partial charge in [-0.3, -0.25) is 9.59 Å². The number of amides is 1. The molecule has 2 heterocycles. The summed E-state index contributed by atoms with van der Waals surface area (Å²) in [5, 5.41) is 3.59. The van der Waals surface area contributed by atoms with Crippen LogP contribution in [0.15, 0.2) is 15.8 Å². The second kappa shape index (κ2) is 5.51. The molecule has 1 fully saturated rings. The number of nitrogens with two attached hydrogens (primary N) is 1. The van der Waals surface area contributed by atoms with E-state index in [0.29, 0.717) is 19.5 Å². The van der Waals surface area contributed by atoms with Gasteiger partial charge in [0.1, 0.15) is 12.0 Å². The molecule has 2 rings (SSSR count). The van der Waals surface area contributed by atoms with E-state index in [1.54, 1.807) is 11.2 Å². The summed E-state index contributed by atoms with van der Waals surface area (Å²) in [6.45, 7) is 3.12. The normalized spacial score (nSPS) is 19.8. The fourth-order valence-corrected chi connectivity index (χ4v) is 1.75. The van der Waals surface area contributed by atoms with Crippen LogP contribution in [0.3, 0.4) is 0 Å². The Morgan fingerprint density at radius 3 is 3.11 bits per heavy atom. The first-order valence-electron chi connectivity index (χ1n) is 5.77. The van der Waals surface area contributed by atoms with E-state index in [1.165, 1.54) is 0 Å². The topological polar surface area (TPSA) is 111 Å². The van der Waals surface area contributed by atoms with E-state index < -0.39 is 6.10 Å². The third-order valence-electron chi connectivity index (χ3n) is 2.76. The number of likely N-dealkylation sites (tertiary alicyclic amines) is 1. The molecule has 1 aromatic heterocycles. The first-order valence-corrected chi connectivity index (χ1v) is 5.77. The van der Waals surface area contributed by atoms with Gasteiger partial charge in [-0.05, 0) is 6.92 Å². The van der Waals surface area contributed by atoms with Crippen molar-refractivity contribution in [2.45, 2.75) is 19.4 Å². The van der Waals surface area contributed by atoms with Crippen LogP contribution in [0, 0.1) is 0 Å². The summed E-state index contributed by atoms with van der Waals surface area (Å²) in [6.07, 6.45) is 2.59. The molecule has 8 heteroatoms. The van der Waals surface area contributed by atoms with Crippen molar-refractivity contribution in [3.63, 3.8) is 0 Å². The third kappa shape index (κ3) is 2.72. The number of carbonyl (C=O) groups is 1. The van der Waals surface area contributed by atoms with E-state index in [1.807, 2.05) is 6.92 Å². The van der Waals surface area contributed by atoms with Crippen molar-refractivity contribution in [2.75, 3.05) is 18.8 Å². The minimum absolute atomic E-state index is 0.0907. The summed E-state index contributed by atoms with van der Waals surface area (Å²) < 4.78 is 4.75. The number of hydrogen-bond acceptors (Lipinski definition) is 7. The van der Waals surface area contributed by atoms with Crippen LogP contribution in [0.5, 0.6) is 0 Å². The molecule has 1 atom stereocenters. The van der Waals surface area contributed by atoms with Crippen LogP contribution in [-0.2, 0) is 14.4 Å². The third-order valence-corrected chi connectivity index (χ3v) is 2.76. The Morgan fingerprint density at radius 1 is 1.79 bits per heavy atom. The highest BCUT2D eigenvalue weighted by Crippen LogP contribution is 2.14. The molecule has 0 aromatic carbocycles. The van der Waals surface area contributed by atoms with Crippen molar-refractivity contribution in [3.8, 4) is 0 Å². The minimum atomic E-state index is -0.674. The summed E-state index contributed by atoms with van der Waals surface area (Å²) in [7, 11) is 0. The summed E-state index contributed by atoms with van der Waals surface area (Å²) >= 11 is 0. The standard InChI is InChI=1S/C11H13N4O4/c1-2-15-4-3-9(10(15)17)19-14-7(5-16)8-6-18-11(12)13-8/h6,9H,2-4H2,1H3,(H2,12,13). The number of rotatable bonds is 5. The Balaban J connectivity index is 2.05. The summed E-state index contributed by atoms with van der Waals surface area (Å²) in [5.74, 6) is -0.142. The van der Waals surface area contributed by atoms with Crippen molar-refractivity contribution in [1.29, 1.82) is 0 Å². The maximum atomic E-state index is 11.8. The van der Waals surface area contributed by atoms with Gasteiger partial charge in [-0.15, -0.1) is 0 Å². The molecule has 2 N–H and O–H groups in total. The second-order valence-corrected chi connectivity index (χ2v) is 3.91.